The molecule has 104 valence electrons. The molecular formula is C16H19N3O. The average Bonchev–Trinajstić information content (AvgIpc) is 3.08. The predicted molar refractivity (Wildman–Crippen MR) is 76.3 cm³/mol. The van der Waals surface area contributed by atoms with Gasteiger partial charge in [0.25, 0.3) is 0 Å². The Hall–Kier alpha value is -1.65. The number of fused-ring (bicyclic) bond motifs is 1. The van der Waals surface area contributed by atoms with E-state index in [1.807, 2.05) is 16.9 Å². The third-order valence-corrected chi connectivity index (χ3v) is 4.68. The van der Waals surface area contributed by atoms with Crippen LogP contribution < -0.4 is 5.32 Å². The van der Waals surface area contributed by atoms with E-state index in [-0.39, 0.29) is 12.1 Å². The molecule has 4 rings (SSSR count). The van der Waals surface area contributed by atoms with Gasteiger partial charge in [-0.25, -0.2) is 0 Å². The molecule has 4 heteroatoms. The lowest BCUT2D eigenvalue weighted by molar-refractivity contribution is -0.0117. The first-order valence-corrected chi connectivity index (χ1v) is 7.34. The summed E-state index contributed by atoms with van der Waals surface area (Å²) < 4.78 is 1.88. The summed E-state index contributed by atoms with van der Waals surface area (Å²) in [5.41, 5.74) is 2.88. The fraction of sp³-hybridized carbons (Fsp3) is 0.438. The molecule has 1 aromatic heterocycles. The lowest BCUT2D eigenvalue weighted by atomic mass is 9.82. The van der Waals surface area contributed by atoms with Crippen LogP contribution in [0, 0.1) is 0 Å². The number of benzene rings is 1. The minimum atomic E-state index is -0.288. The smallest absolute Gasteiger partial charge is 0.0932 e. The number of hydrogen-bond donors (Lipinski definition) is 2. The Balaban J connectivity index is 1.51. The van der Waals surface area contributed by atoms with E-state index in [0.717, 1.165) is 19.3 Å². The topological polar surface area (TPSA) is 50.1 Å². The maximum atomic E-state index is 10.0. The molecule has 0 amide bonds. The number of aromatic nitrogens is 2. The Kier molecular flexibility index (Phi) is 2.86. The lowest BCUT2D eigenvalue weighted by Crippen LogP contribution is -2.55. The van der Waals surface area contributed by atoms with E-state index >= 15 is 0 Å². The van der Waals surface area contributed by atoms with Crippen molar-refractivity contribution >= 4 is 0 Å². The number of hydrogen-bond acceptors (Lipinski definition) is 3. The summed E-state index contributed by atoms with van der Waals surface area (Å²) in [6.45, 7) is 0. The Morgan fingerprint density at radius 1 is 1.25 bits per heavy atom. The molecule has 1 saturated carbocycles. The van der Waals surface area contributed by atoms with E-state index in [1.165, 1.54) is 11.1 Å². The van der Waals surface area contributed by atoms with Crippen molar-refractivity contribution in [3.63, 3.8) is 0 Å². The van der Waals surface area contributed by atoms with Crippen LogP contribution in [0.1, 0.15) is 36.1 Å². The second kappa shape index (κ2) is 4.72. The highest BCUT2D eigenvalue weighted by Gasteiger charge is 2.43. The average molecular weight is 269 g/mol. The fourth-order valence-electron chi connectivity index (χ4n) is 3.58. The Morgan fingerprint density at radius 3 is 2.95 bits per heavy atom. The van der Waals surface area contributed by atoms with Gasteiger partial charge in [0.05, 0.1) is 12.1 Å². The van der Waals surface area contributed by atoms with E-state index < -0.39 is 0 Å². The molecule has 2 aliphatic carbocycles. The third-order valence-electron chi connectivity index (χ3n) is 4.68. The highest BCUT2D eigenvalue weighted by atomic mass is 16.3. The van der Waals surface area contributed by atoms with Gasteiger partial charge in [-0.05, 0) is 36.5 Å². The Labute approximate surface area is 118 Å². The van der Waals surface area contributed by atoms with Crippen molar-refractivity contribution in [1.82, 2.24) is 15.1 Å². The van der Waals surface area contributed by atoms with E-state index in [2.05, 4.69) is 34.7 Å². The van der Waals surface area contributed by atoms with E-state index in [1.54, 1.807) is 6.20 Å². The summed E-state index contributed by atoms with van der Waals surface area (Å²) >= 11 is 0. The van der Waals surface area contributed by atoms with Gasteiger partial charge in [-0.15, -0.1) is 0 Å². The molecule has 2 aromatic rings. The van der Waals surface area contributed by atoms with Crippen molar-refractivity contribution in [2.75, 3.05) is 0 Å². The highest BCUT2D eigenvalue weighted by Crippen LogP contribution is 2.37. The standard InChI is InChI=1S/C16H19N3O/c20-15-10-14(16(15)19-9-3-8-17-19)18-13-7-6-11-4-1-2-5-12(11)13/h1-5,8-9,13-16,18,20H,6-7,10H2/t13?,14-,15+,16+/m0/s1. The van der Waals surface area contributed by atoms with Crippen LogP contribution in [0.25, 0.3) is 0 Å². The number of aliphatic hydroxyl groups is 1. The van der Waals surface area contributed by atoms with E-state index in [0.29, 0.717) is 12.1 Å². The van der Waals surface area contributed by atoms with E-state index in [4.69, 9.17) is 0 Å². The Morgan fingerprint density at radius 2 is 2.15 bits per heavy atom. The zero-order chi connectivity index (χ0) is 13.5. The second-order valence-electron chi connectivity index (χ2n) is 5.84. The van der Waals surface area contributed by atoms with E-state index in [9.17, 15) is 5.11 Å². The molecule has 0 spiro atoms. The second-order valence-corrected chi connectivity index (χ2v) is 5.84. The predicted octanol–water partition coefficient (Wildman–Crippen LogP) is 1.83. The maximum Gasteiger partial charge on any atom is 0.0932 e. The van der Waals surface area contributed by atoms with Crippen LogP contribution in [0.5, 0.6) is 0 Å². The van der Waals surface area contributed by atoms with Gasteiger partial charge in [-0.1, -0.05) is 24.3 Å². The molecule has 2 aliphatic rings. The number of aryl methyl sites for hydroxylation is 1. The number of aliphatic hydroxyl groups excluding tert-OH is 1. The first kappa shape index (κ1) is 12.1. The molecule has 1 fully saturated rings. The van der Waals surface area contributed by atoms with Gasteiger partial charge >= 0.3 is 0 Å². The van der Waals surface area contributed by atoms with Crippen molar-refractivity contribution < 1.29 is 5.11 Å². The van der Waals surface area contributed by atoms with Gasteiger partial charge in [0.1, 0.15) is 0 Å². The van der Waals surface area contributed by atoms with Gasteiger partial charge in [-0.2, -0.15) is 5.10 Å². The summed E-state index contributed by atoms with van der Waals surface area (Å²) in [4.78, 5) is 0. The zero-order valence-electron chi connectivity index (χ0n) is 11.3. The van der Waals surface area contributed by atoms with Gasteiger partial charge in [0, 0.05) is 24.5 Å². The summed E-state index contributed by atoms with van der Waals surface area (Å²) in [7, 11) is 0. The molecular weight excluding hydrogens is 250 g/mol. The van der Waals surface area contributed by atoms with Crippen molar-refractivity contribution in [1.29, 1.82) is 0 Å². The molecule has 1 unspecified atom stereocenters. The van der Waals surface area contributed by atoms with Gasteiger partial charge in [-0.3, -0.25) is 4.68 Å². The molecule has 0 bridgehead atoms. The van der Waals surface area contributed by atoms with Crippen molar-refractivity contribution in [2.24, 2.45) is 0 Å². The molecule has 4 nitrogen and oxygen atoms in total. The molecule has 0 saturated heterocycles. The zero-order valence-corrected chi connectivity index (χ0v) is 11.3. The normalized spacial score (nSPS) is 31.9. The van der Waals surface area contributed by atoms with Crippen LogP contribution in [0.15, 0.2) is 42.7 Å². The van der Waals surface area contributed by atoms with Crippen molar-refractivity contribution in [3.8, 4) is 0 Å². The van der Waals surface area contributed by atoms with Gasteiger partial charge in [0.2, 0.25) is 0 Å². The molecule has 1 heterocycles. The number of nitrogens with zero attached hydrogens (tertiary/aromatic N) is 2. The largest absolute Gasteiger partial charge is 0.391 e. The molecule has 1 aromatic carbocycles. The minimum Gasteiger partial charge on any atom is -0.391 e. The van der Waals surface area contributed by atoms with Crippen LogP contribution in [0.2, 0.25) is 0 Å². The maximum absolute atomic E-state index is 10.0. The van der Waals surface area contributed by atoms with Gasteiger partial charge < -0.3 is 10.4 Å². The molecule has 4 atom stereocenters. The number of nitrogens with one attached hydrogen (secondary N) is 1. The SMILES string of the molecule is O[C@@H]1C[C@H](NC2CCc3ccccc32)[C@H]1n1cccn1. The Bertz CT molecular complexity index is 596. The minimum absolute atomic E-state index is 0.0674. The summed E-state index contributed by atoms with van der Waals surface area (Å²) in [5, 5.41) is 18.0. The summed E-state index contributed by atoms with van der Waals surface area (Å²) in [6, 6.07) is 11.4. The third kappa shape index (κ3) is 1.87. The van der Waals surface area contributed by atoms with Crippen LogP contribution in [0.3, 0.4) is 0 Å². The monoisotopic (exact) mass is 269 g/mol. The van der Waals surface area contributed by atoms with Crippen molar-refractivity contribution in [2.45, 2.75) is 43.5 Å². The van der Waals surface area contributed by atoms with Crippen LogP contribution in [-0.2, 0) is 6.42 Å². The van der Waals surface area contributed by atoms with Crippen LogP contribution in [0.4, 0.5) is 0 Å². The summed E-state index contributed by atoms with van der Waals surface area (Å²) in [6.07, 6.45) is 6.53. The first-order chi connectivity index (χ1) is 9.83. The van der Waals surface area contributed by atoms with Crippen LogP contribution in [-0.4, -0.2) is 27.0 Å². The van der Waals surface area contributed by atoms with Crippen molar-refractivity contribution in [3.05, 3.63) is 53.9 Å². The first-order valence-electron chi connectivity index (χ1n) is 7.34. The number of rotatable bonds is 3. The quantitative estimate of drug-likeness (QED) is 0.894. The summed E-state index contributed by atoms with van der Waals surface area (Å²) in [5.74, 6) is 0. The fourth-order valence-corrected chi connectivity index (χ4v) is 3.58. The lowest BCUT2D eigenvalue weighted by Gasteiger charge is -2.43. The molecule has 20 heavy (non-hydrogen) atoms. The van der Waals surface area contributed by atoms with Gasteiger partial charge in [0.15, 0.2) is 0 Å². The highest BCUT2D eigenvalue weighted by molar-refractivity contribution is 5.34. The molecule has 0 radical (unpaired) electrons. The van der Waals surface area contributed by atoms with Crippen LogP contribution >= 0.6 is 0 Å². The molecule has 0 aliphatic heterocycles. The molecule has 2 N–H and O–H groups in total.